The van der Waals surface area contributed by atoms with Crippen LogP contribution in [0.4, 0.5) is 0 Å². The predicted octanol–water partition coefficient (Wildman–Crippen LogP) is 3.64. The zero-order chi connectivity index (χ0) is 12.6. The molecule has 0 unspecified atom stereocenters. The summed E-state index contributed by atoms with van der Waals surface area (Å²) >= 11 is 6.05. The molecule has 0 aromatic heterocycles. The molecular weight excluding hydrogens is 246 g/mol. The average Bonchev–Trinajstić information content (AvgIpc) is 2.89. The summed E-state index contributed by atoms with van der Waals surface area (Å²) in [6.45, 7) is 3.43. The number of benzene rings is 1. The molecular formula is C15H22ClNO. The number of rotatable bonds is 7. The van der Waals surface area contributed by atoms with E-state index in [1.165, 1.54) is 25.7 Å². The molecule has 1 aromatic rings. The highest BCUT2D eigenvalue weighted by Gasteiger charge is 2.13. The molecule has 0 amide bonds. The summed E-state index contributed by atoms with van der Waals surface area (Å²) in [6, 6.07) is 7.84. The van der Waals surface area contributed by atoms with Crippen molar-refractivity contribution in [3.8, 4) is 0 Å². The van der Waals surface area contributed by atoms with Gasteiger partial charge >= 0.3 is 0 Å². The van der Waals surface area contributed by atoms with Crippen LogP contribution < -0.4 is 5.32 Å². The Morgan fingerprint density at radius 2 is 2.00 bits per heavy atom. The van der Waals surface area contributed by atoms with Gasteiger partial charge in [-0.2, -0.15) is 0 Å². The molecule has 0 spiro atoms. The second kappa shape index (κ2) is 7.78. The van der Waals surface area contributed by atoms with Crippen LogP contribution in [-0.2, 0) is 11.3 Å². The van der Waals surface area contributed by atoms with Crippen LogP contribution in [0.15, 0.2) is 24.3 Å². The van der Waals surface area contributed by atoms with Crippen molar-refractivity contribution in [2.45, 2.75) is 32.3 Å². The van der Waals surface area contributed by atoms with Gasteiger partial charge in [-0.25, -0.2) is 0 Å². The first-order valence-corrected chi connectivity index (χ1v) is 7.26. The Balaban J connectivity index is 1.52. The van der Waals surface area contributed by atoms with Crippen molar-refractivity contribution in [1.29, 1.82) is 0 Å². The molecule has 0 saturated heterocycles. The smallest absolute Gasteiger partial charge is 0.0731 e. The van der Waals surface area contributed by atoms with E-state index < -0.39 is 0 Å². The summed E-state index contributed by atoms with van der Waals surface area (Å²) in [7, 11) is 0. The lowest BCUT2D eigenvalue weighted by Crippen LogP contribution is -2.25. The van der Waals surface area contributed by atoms with E-state index in [2.05, 4.69) is 5.32 Å². The van der Waals surface area contributed by atoms with Gasteiger partial charge < -0.3 is 10.1 Å². The summed E-state index contributed by atoms with van der Waals surface area (Å²) in [4.78, 5) is 0. The molecule has 1 aliphatic carbocycles. The lowest BCUT2D eigenvalue weighted by atomic mass is 10.1. The van der Waals surface area contributed by atoms with Gasteiger partial charge in [0, 0.05) is 11.6 Å². The number of nitrogens with one attached hydrogen (secondary N) is 1. The van der Waals surface area contributed by atoms with Gasteiger partial charge in [0.25, 0.3) is 0 Å². The van der Waals surface area contributed by atoms with Crippen molar-refractivity contribution < 1.29 is 4.74 Å². The maximum Gasteiger partial charge on any atom is 0.0731 e. The molecule has 18 heavy (non-hydrogen) atoms. The zero-order valence-electron chi connectivity index (χ0n) is 10.8. The minimum atomic E-state index is 0.602. The minimum absolute atomic E-state index is 0.602. The summed E-state index contributed by atoms with van der Waals surface area (Å²) in [5.41, 5.74) is 1.06. The molecule has 0 heterocycles. The van der Waals surface area contributed by atoms with Crippen molar-refractivity contribution >= 4 is 11.6 Å². The summed E-state index contributed by atoms with van der Waals surface area (Å²) in [6.07, 6.45) is 5.62. The van der Waals surface area contributed by atoms with Crippen molar-refractivity contribution in [2.75, 3.05) is 19.7 Å². The quantitative estimate of drug-likeness (QED) is 0.762. The van der Waals surface area contributed by atoms with Crippen LogP contribution >= 0.6 is 11.6 Å². The van der Waals surface area contributed by atoms with E-state index in [0.717, 1.165) is 36.2 Å². The minimum Gasteiger partial charge on any atom is -0.375 e. The van der Waals surface area contributed by atoms with Crippen molar-refractivity contribution in [3.05, 3.63) is 34.9 Å². The van der Waals surface area contributed by atoms with E-state index in [-0.39, 0.29) is 0 Å². The Morgan fingerprint density at radius 3 is 2.78 bits per heavy atom. The first kappa shape index (κ1) is 13.9. The Kier molecular flexibility index (Phi) is 5.98. The number of hydrogen-bond donors (Lipinski definition) is 1. The van der Waals surface area contributed by atoms with Crippen LogP contribution in [0.3, 0.4) is 0 Å². The van der Waals surface area contributed by atoms with Gasteiger partial charge in [-0.15, -0.1) is 0 Å². The number of ether oxygens (including phenoxy) is 1. The van der Waals surface area contributed by atoms with E-state index in [4.69, 9.17) is 16.3 Å². The molecule has 1 aromatic carbocycles. The monoisotopic (exact) mass is 267 g/mol. The largest absolute Gasteiger partial charge is 0.375 e. The van der Waals surface area contributed by atoms with E-state index in [9.17, 15) is 0 Å². The molecule has 100 valence electrons. The first-order valence-electron chi connectivity index (χ1n) is 6.88. The van der Waals surface area contributed by atoms with E-state index in [0.29, 0.717) is 6.61 Å². The Hall–Kier alpha value is -0.570. The summed E-state index contributed by atoms with van der Waals surface area (Å²) < 4.78 is 5.62. The maximum atomic E-state index is 6.05. The second-order valence-electron chi connectivity index (χ2n) is 5.00. The highest BCUT2D eigenvalue weighted by molar-refractivity contribution is 6.31. The number of halogens is 1. The first-order chi connectivity index (χ1) is 8.86. The SMILES string of the molecule is Clc1ccccc1COCCNCC1CCCC1. The predicted molar refractivity (Wildman–Crippen MR) is 75.9 cm³/mol. The molecule has 0 radical (unpaired) electrons. The molecule has 1 aliphatic rings. The molecule has 1 N–H and O–H groups in total. The van der Waals surface area contributed by atoms with Gasteiger partial charge in [0.15, 0.2) is 0 Å². The molecule has 0 aliphatic heterocycles. The molecule has 2 nitrogen and oxygen atoms in total. The van der Waals surface area contributed by atoms with Crippen LogP contribution in [0.25, 0.3) is 0 Å². The van der Waals surface area contributed by atoms with Crippen molar-refractivity contribution in [1.82, 2.24) is 5.32 Å². The van der Waals surface area contributed by atoms with Gasteiger partial charge in [-0.05, 0) is 36.9 Å². The van der Waals surface area contributed by atoms with E-state index in [1.807, 2.05) is 24.3 Å². The molecule has 3 heteroatoms. The topological polar surface area (TPSA) is 21.3 Å². The van der Waals surface area contributed by atoms with E-state index >= 15 is 0 Å². The molecule has 1 saturated carbocycles. The van der Waals surface area contributed by atoms with Gasteiger partial charge in [0.1, 0.15) is 0 Å². The van der Waals surface area contributed by atoms with E-state index in [1.54, 1.807) is 0 Å². The fraction of sp³-hybridized carbons (Fsp3) is 0.600. The van der Waals surface area contributed by atoms with Crippen LogP contribution in [-0.4, -0.2) is 19.7 Å². The number of hydrogen-bond acceptors (Lipinski definition) is 2. The van der Waals surface area contributed by atoms with Crippen LogP contribution in [0.2, 0.25) is 5.02 Å². The fourth-order valence-corrected chi connectivity index (χ4v) is 2.65. The van der Waals surface area contributed by atoms with Gasteiger partial charge in [0.05, 0.1) is 13.2 Å². The molecule has 2 rings (SSSR count). The van der Waals surface area contributed by atoms with Crippen LogP contribution in [0.1, 0.15) is 31.2 Å². The molecule has 0 bridgehead atoms. The molecule has 1 fully saturated rings. The lowest BCUT2D eigenvalue weighted by molar-refractivity contribution is 0.122. The van der Waals surface area contributed by atoms with Crippen molar-refractivity contribution in [2.24, 2.45) is 5.92 Å². The standard InChI is InChI=1S/C15H22ClNO/c16-15-8-4-3-7-14(15)12-18-10-9-17-11-13-5-1-2-6-13/h3-4,7-8,13,17H,1-2,5-6,9-12H2. The Bertz CT molecular complexity index is 350. The average molecular weight is 268 g/mol. The Labute approximate surface area is 115 Å². The third-order valence-electron chi connectivity index (χ3n) is 3.55. The Morgan fingerprint density at radius 1 is 1.22 bits per heavy atom. The fourth-order valence-electron chi connectivity index (χ4n) is 2.46. The highest BCUT2D eigenvalue weighted by Crippen LogP contribution is 2.23. The van der Waals surface area contributed by atoms with Gasteiger partial charge in [0.2, 0.25) is 0 Å². The zero-order valence-corrected chi connectivity index (χ0v) is 11.6. The maximum absolute atomic E-state index is 6.05. The molecule has 0 atom stereocenters. The van der Waals surface area contributed by atoms with Crippen LogP contribution in [0, 0.1) is 5.92 Å². The summed E-state index contributed by atoms with van der Waals surface area (Å²) in [5.74, 6) is 0.897. The third-order valence-corrected chi connectivity index (χ3v) is 3.92. The highest BCUT2D eigenvalue weighted by atomic mass is 35.5. The van der Waals surface area contributed by atoms with Gasteiger partial charge in [-0.1, -0.05) is 42.6 Å². The van der Waals surface area contributed by atoms with Gasteiger partial charge in [-0.3, -0.25) is 0 Å². The summed E-state index contributed by atoms with van der Waals surface area (Å²) in [5, 5.41) is 4.26. The third kappa shape index (κ3) is 4.60. The van der Waals surface area contributed by atoms with Crippen LogP contribution in [0.5, 0.6) is 0 Å². The normalized spacial score (nSPS) is 16.3. The second-order valence-corrected chi connectivity index (χ2v) is 5.41. The van der Waals surface area contributed by atoms with Crippen molar-refractivity contribution in [3.63, 3.8) is 0 Å². The lowest BCUT2D eigenvalue weighted by Gasteiger charge is -2.11.